The summed E-state index contributed by atoms with van der Waals surface area (Å²) in [6.45, 7) is 0. The maximum absolute atomic E-state index is 11.3. The number of nitrogens with two attached hydrogens (primary N) is 1. The fourth-order valence-electron chi connectivity index (χ4n) is 1.63. The van der Waals surface area contributed by atoms with Gasteiger partial charge in [0.1, 0.15) is 25.8 Å². The molecule has 2 N–H and O–H groups in total. The lowest BCUT2D eigenvalue weighted by Gasteiger charge is -2.17. The minimum absolute atomic E-state index is 0.137. The number of halogens is 1. The number of benzene rings is 1. The third-order valence-corrected chi connectivity index (χ3v) is 4.11. The van der Waals surface area contributed by atoms with Crippen molar-refractivity contribution in [3.8, 4) is 11.5 Å². The highest BCUT2D eigenvalue weighted by molar-refractivity contribution is 9.10. The summed E-state index contributed by atoms with van der Waals surface area (Å²) in [5, 5.41) is 0. The normalized spacial score (nSPS) is 13.2. The summed E-state index contributed by atoms with van der Waals surface area (Å²) in [4.78, 5) is 0. The van der Waals surface area contributed by atoms with Gasteiger partial charge in [0.15, 0.2) is 0 Å². The Hall–Kier alpha value is -0.790. The number of sulfone groups is 1. The van der Waals surface area contributed by atoms with Gasteiger partial charge in [-0.05, 0) is 28.1 Å². The molecule has 0 saturated carbocycles. The minimum Gasteiger partial charge on any atom is -0.495 e. The SMILES string of the molecule is COc1ccc(C(N)CS(C)(=O)=O)c(OC)c1Br. The molecule has 7 heteroatoms. The minimum atomic E-state index is -3.15. The van der Waals surface area contributed by atoms with Crippen molar-refractivity contribution in [2.75, 3.05) is 26.2 Å². The largest absolute Gasteiger partial charge is 0.495 e. The van der Waals surface area contributed by atoms with Gasteiger partial charge in [-0.2, -0.15) is 0 Å². The third-order valence-electron chi connectivity index (χ3n) is 2.40. The molecule has 102 valence electrons. The number of ether oxygens (including phenoxy) is 2. The smallest absolute Gasteiger partial charge is 0.149 e. The van der Waals surface area contributed by atoms with Gasteiger partial charge in [-0.15, -0.1) is 0 Å². The fraction of sp³-hybridized carbons (Fsp3) is 0.455. The van der Waals surface area contributed by atoms with E-state index in [1.54, 1.807) is 12.1 Å². The molecule has 0 heterocycles. The van der Waals surface area contributed by atoms with Crippen molar-refractivity contribution < 1.29 is 17.9 Å². The van der Waals surface area contributed by atoms with Crippen LogP contribution >= 0.6 is 15.9 Å². The van der Waals surface area contributed by atoms with Crippen LogP contribution in [0.2, 0.25) is 0 Å². The molecule has 0 aromatic heterocycles. The van der Waals surface area contributed by atoms with Crippen LogP contribution in [-0.2, 0) is 9.84 Å². The lowest BCUT2D eigenvalue weighted by molar-refractivity contribution is 0.384. The van der Waals surface area contributed by atoms with Crippen LogP contribution in [0.1, 0.15) is 11.6 Å². The first kappa shape index (κ1) is 15.3. The molecular weight excluding hydrogens is 322 g/mol. The first-order valence-electron chi connectivity index (χ1n) is 5.13. The molecule has 0 spiro atoms. The summed E-state index contributed by atoms with van der Waals surface area (Å²) in [6, 6.07) is 2.78. The molecule has 0 bridgehead atoms. The summed E-state index contributed by atoms with van der Waals surface area (Å²) in [5.41, 5.74) is 6.52. The molecular formula is C11H16BrNO4S. The molecule has 18 heavy (non-hydrogen) atoms. The average molecular weight is 338 g/mol. The van der Waals surface area contributed by atoms with Crippen LogP contribution < -0.4 is 15.2 Å². The van der Waals surface area contributed by atoms with Crippen LogP contribution in [0, 0.1) is 0 Å². The van der Waals surface area contributed by atoms with Gasteiger partial charge >= 0.3 is 0 Å². The highest BCUT2D eigenvalue weighted by atomic mass is 79.9. The second-order valence-corrected chi connectivity index (χ2v) is 6.88. The van der Waals surface area contributed by atoms with Crippen LogP contribution in [0.15, 0.2) is 16.6 Å². The predicted molar refractivity (Wildman–Crippen MR) is 73.9 cm³/mol. The van der Waals surface area contributed by atoms with Crippen molar-refractivity contribution in [1.29, 1.82) is 0 Å². The number of methoxy groups -OCH3 is 2. The lowest BCUT2D eigenvalue weighted by Crippen LogP contribution is -2.21. The molecule has 0 aliphatic carbocycles. The molecule has 1 unspecified atom stereocenters. The first-order valence-corrected chi connectivity index (χ1v) is 7.99. The molecule has 0 saturated heterocycles. The van der Waals surface area contributed by atoms with Crippen LogP contribution in [0.5, 0.6) is 11.5 Å². The molecule has 1 aromatic rings. The number of hydrogen-bond acceptors (Lipinski definition) is 5. The van der Waals surface area contributed by atoms with Gasteiger partial charge in [0.05, 0.1) is 20.0 Å². The molecule has 0 radical (unpaired) electrons. The van der Waals surface area contributed by atoms with Gasteiger partial charge in [-0.3, -0.25) is 0 Å². The van der Waals surface area contributed by atoms with E-state index in [1.807, 2.05) is 0 Å². The van der Waals surface area contributed by atoms with E-state index in [2.05, 4.69) is 15.9 Å². The zero-order valence-corrected chi connectivity index (χ0v) is 12.8. The van der Waals surface area contributed by atoms with Crippen LogP contribution in [0.3, 0.4) is 0 Å². The Balaban J connectivity index is 3.21. The van der Waals surface area contributed by atoms with Gasteiger partial charge < -0.3 is 15.2 Å². The standard InChI is InChI=1S/C11H16BrNO4S/c1-16-9-5-4-7(11(17-2)10(9)12)8(13)6-18(3,14)15/h4-5,8H,6,13H2,1-3H3. The maximum Gasteiger partial charge on any atom is 0.149 e. The topological polar surface area (TPSA) is 78.6 Å². The van der Waals surface area contributed by atoms with Gasteiger partial charge in [0, 0.05) is 17.9 Å². The highest BCUT2D eigenvalue weighted by Crippen LogP contribution is 2.39. The van der Waals surface area contributed by atoms with E-state index in [1.165, 1.54) is 14.2 Å². The van der Waals surface area contributed by atoms with E-state index < -0.39 is 15.9 Å². The number of rotatable bonds is 5. The summed E-state index contributed by atoms with van der Waals surface area (Å²) in [7, 11) is -0.119. The Bertz CT molecular complexity index is 530. The first-order chi connectivity index (χ1) is 8.30. The van der Waals surface area contributed by atoms with Gasteiger partial charge in [0.2, 0.25) is 0 Å². The molecule has 0 fully saturated rings. The second-order valence-electron chi connectivity index (χ2n) is 3.90. The fourth-order valence-corrected chi connectivity index (χ4v) is 3.14. The van der Waals surface area contributed by atoms with Crippen molar-refractivity contribution in [2.45, 2.75) is 6.04 Å². The monoisotopic (exact) mass is 337 g/mol. The molecule has 1 atom stereocenters. The summed E-state index contributed by atoms with van der Waals surface area (Å²) in [5.74, 6) is 0.954. The molecule has 0 amide bonds. The molecule has 5 nitrogen and oxygen atoms in total. The van der Waals surface area contributed by atoms with Crippen molar-refractivity contribution in [2.24, 2.45) is 5.73 Å². The Morgan fingerprint density at radius 2 is 1.94 bits per heavy atom. The Morgan fingerprint density at radius 3 is 2.39 bits per heavy atom. The van der Waals surface area contributed by atoms with Gasteiger partial charge in [-0.1, -0.05) is 0 Å². The second kappa shape index (κ2) is 5.90. The third kappa shape index (κ3) is 3.60. The summed E-state index contributed by atoms with van der Waals surface area (Å²) < 4.78 is 33.5. The van der Waals surface area contributed by atoms with Crippen LogP contribution in [-0.4, -0.2) is 34.6 Å². The Kier molecular flexibility index (Phi) is 5.01. The zero-order valence-electron chi connectivity index (χ0n) is 10.4. The van der Waals surface area contributed by atoms with Crippen LogP contribution in [0.25, 0.3) is 0 Å². The highest BCUT2D eigenvalue weighted by Gasteiger charge is 2.20. The van der Waals surface area contributed by atoms with Crippen molar-refractivity contribution >= 4 is 25.8 Å². The molecule has 0 aliphatic heterocycles. The van der Waals surface area contributed by atoms with Crippen LogP contribution in [0.4, 0.5) is 0 Å². The van der Waals surface area contributed by atoms with Crippen molar-refractivity contribution in [3.05, 3.63) is 22.2 Å². The van der Waals surface area contributed by atoms with Crippen molar-refractivity contribution in [3.63, 3.8) is 0 Å². The van der Waals surface area contributed by atoms with E-state index in [0.717, 1.165) is 6.26 Å². The van der Waals surface area contributed by atoms with E-state index in [-0.39, 0.29) is 5.75 Å². The van der Waals surface area contributed by atoms with Gasteiger partial charge in [0.25, 0.3) is 0 Å². The molecule has 1 aromatic carbocycles. The predicted octanol–water partition coefficient (Wildman–Crippen LogP) is 1.51. The molecule has 0 aliphatic rings. The van der Waals surface area contributed by atoms with E-state index in [4.69, 9.17) is 15.2 Å². The summed E-state index contributed by atoms with van der Waals surface area (Å²) in [6.07, 6.45) is 1.15. The quantitative estimate of drug-likeness (QED) is 0.880. The molecule has 1 rings (SSSR count). The number of hydrogen-bond donors (Lipinski definition) is 1. The maximum atomic E-state index is 11.3. The lowest BCUT2D eigenvalue weighted by atomic mass is 10.1. The summed E-state index contributed by atoms with van der Waals surface area (Å²) >= 11 is 3.35. The Labute approximate surface area is 115 Å². The van der Waals surface area contributed by atoms with Crippen molar-refractivity contribution in [1.82, 2.24) is 0 Å². The van der Waals surface area contributed by atoms with Gasteiger partial charge in [-0.25, -0.2) is 8.42 Å². The van der Waals surface area contributed by atoms with E-state index in [9.17, 15) is 8.42 Å². The Morgan fingerprint density at radius 1 is 1.33 bits per heavy atom. The van der Waals surface area contributed by atoms with E-state index >= 15 is 0 Å². The zero-order chi connectivity index (χ0) is 13.9. The average Bonchev–Trinajstić information content (AvgIpc) is 2.26. The van der Waals surface area contributed by atoms with E-state index in [0.29, 0.717) is 21.5 Å².